The fraction of sp³-hybridized carbons (Fsp3) is 0.600. The summed E-state index contributed by atoms with van der Waals surface area (Å²) in [6.45, 7) is 9.73. The summed E-state index contributed by atoms with van der Waals surface area (Å²) in [4.78, 5) is 10.3. The Hall–Kier alpha value is -1.42. The minimum Gasteiger partial charge on any atom is -0.314 e. The van der Waals surface area contributed by atoms with Gasteiger partial charge in [-0.1, -0.05) is 39.8 Å². The third-order valence-electron chi connectivity index (χ3n) is 2.98. The molecule has 0 aliphatic rings. The van der Waals surface area contributed by atoms with Gasteiger partial charge < -0.3 is 5.32 Å². The second-order valence-corrected chi connectivity index (χ2v) is 6.15. The van der Waals surface area contributed by atoms with E-state index in [0.29, 0.717) is 6.04 Å². The van der Waals surface area contributed by atoms with Crippen molar-refractivity contribution in [3.05, 3.63) is 39.9 Å². The van der Waals surface area contributed by atoms with Gasteiger partial charge in [0.05, 0.1) is 4.92 Å². The molecular formula is C15H24N2O2. The molecule has 0 aliphatic heterocycles. The zero-order valence-electron chi connectivity index (χ0n) is 12.3. The van der Waals surface area contributed by atoms with Crippen LogP contribution in [-0.4, -0.2) is 17.5 Å². The molecule has 4 heteroatoms. The van der Waals surface area contributed by atoms with Gasteiger partial charge in [0, 0.05) is 18.2 Å². The van der Waals surface area contributed by atoms with E-state index in [1.54, 1.807) is 12.1 Å². The van der Waals surface area contributed by atoms with Crippen molar-refractivity contribution in [2.75, 3.05) is 6.54 Å². The van der Waals surface area contributed by atoms with Gasteiger partial charge in [0.1, 0.15) is 0 Å². The summed E-state index contributed by atoms with van der Waals surface area (Å²) in [5, 5.41) is 14.1. The Labute approximate surface area is 115 Å². The van der Waals surface area contributed by atoms with Crippen LogP contribution >= 0.6 is 0 Å². The Morgan fingerprint density at radius 1 is 1.26 bits per heavy atom. The molecule has 0 saturated heterocycles. The highest BCUT2D eigenvalue weighted by atomic mass is 16.6. The van der Waals surface area contributed by atoms with Gasteiger partial charge in [0.25, 0.3) is 5.69 Å². The van der Waals surface area contributed by atoms with Gasteiger partial charge in [-0.3, -0.25) is 10.1 Å². The maximum absolute atomic E-state index is 10.6. The zero-order chi connectivity index (χ0) is 14.5. The highest BCUT2D eigenvalue weighted by molar-refractivity contribution is 5.33. The van der Waals surface area contributed by atoms with Gasteiger partial charge >= 0.3 is 0 Å². The van der Waals surface area contributed by atoms with E-state index >= 15 is 0 Å². The first kappa shape index (κ1) is 15.6. The molecule has 0 radical (unpaired) electrons. The molecule has 1 aromatic carbocycles. The normalized spacial score (nSPS) is 13.3. The van der Waals surface area contributed by atoms with Crippen molar-refractivity contribution in [1.29, 1.82) is 0 Å². The fourth-order valence-corrected chi connectivity index (χ4v) is 2.28. The standard InChI is InChI=1S/C15H24N2O2/c1-5-16-13(11-15(2,3)4)10-12-6-8-14(9-7-12)17(18)19/h6-9,13,16H,5,10-11H2,1-4H3. The number of rotatable bonds is 6. The number of nitrogens with one attached hydrogen (secondary N) is 1. The number of nitro groups is 1. The van der Waals surface area contributed by atoms with Crippen LogP contribution in [0.1, 0.15) is 39.7 Å². The Balaban J connectivity index is 2.70. The van der Waals surface area contributed by atoms with Crippen LogP contribution in [0, 0.1) is 15.5 Å². The Bertz CT molecular complexity index is 407. The molecule has 0 saturated carbocycles. The zero-order valence-corrected chi connectivity index (χ0v) is 12.3. The molecule has 1 N–H and O–H groups in total. The fourth-order valence-electron chi connectivity index (χ4n) is 2.28. The summed E-state index contributed by atoms with van der Waals surface area (Å²) in [7, 11) is 0. The SMILES string of the molecule is CCNC(Cc1ccc([N+](=O)[O-])cc1)CC(C)(C)C. The molecule has 1 unspecified atom stereocenters. The molecule has 1 atom stereocenters. The third-order valence-corrected chi connectivity index (χ3v) is 2.98. The second-order valence-electron chi connectivity index (χ2n) is 6.15. The van der Waals surface area contributed by atoms with Gasteiger partial charge in [-0.05, 0) is 30.4 Å². The van der Waals surface area contributed by atoms with E-state index in [-0.39, 0.29) is 16.0 Å². The van der Waals surface area contributed by atoms with Crippen molar-refractivity contribution in [3.63, 3.8) is 0 Å². The lowest BCUT2D eigenvalue weighted by molar-refractivity contribution is -0.384. The topological polar surface area (TPSA) is 55.2 Å². The monoisotopic (exact) mass is 264 g/mol. The van der Waals surface area contributed by atoms with Gasteiger partial charge in [-0.15, -0.1) is 0 Å². The van der Waals surface area contributed by atoms with Gasteiger partial charge in [-0.2, -0.15) is 0 Å². The summed E-state index contributed by atoms with van der Waals surface area (Å²) in [5.41, 5.74) is 1.56. The van der Waals surface area contributed by atoms with E-state index in [2.05, 4.69) is 33.0 Å². The van der Waals surface area contributed by atoms with E-state index < -0.39 is 0 Å². The lowest BCUT2D eigenvalue weighted by Crippen LogP contribution is -2.34. The number of hydrogen-bond donors (Lipinski definition) is 1. The molecule has 106 valence electrons. The van der Waals surface area contributed by atoms with Crippen LogP contribution in [0.25, 0.3) is 0 Å². The number of nitrogens with zero attached hydrogens (tertiary/aromatic N) is 1. The molecule has 0 aliphatic carbocycles. The number of likely N-dealkylation sites (N-methyl/N-ethyl adjacent to an activating group) is 1. The maximum atomic E-state index is 10.6. The number of nitro benzene ring substituents is 1. The van der Waals surface area contributed by atoms with E-state index in [0.717, 1.165) is 24.9 Å². The smallest absolute Gasteiger partial charge is 0.269 e. The summed E-state index contributed by atoms with van der Waals surface area (Å²) in [6, 6.07) is 7.27. The van der Waals surface area contributed by atoms with Crippen molar-refractivity contribution in [1.82, 2.24) is 5.32 Å². The molecular weight excluding hydrogens is 240 g/mol. The highest BCUT2D eigenvalue weighted by Gasteiger charge is 2.18. The number of non-ortho nitro benzene ring substituents is 1. The summed E-state index contributed by atoms with van der Waals surface area (Å²) in [6.07, 6.45) is 1.99. The first-order valence-electron chi connectivity index (χ1n) is 6.78. The van der Waals surface area contributed by atoms with Crippen LogP contribution in [-0.2, 0) is 6.42 Å². The summed E-state index contributed by atoms with van der Waals surface area (Å²) in [5.74, 6) is 0. The van der Waals surface area contributed by atoms with Crippen molar-refractivity contribution in [3.8, 4) is 0 Å². The molecule has 0 fully saturated rings. The van der Waals surface area contributed by atoms with Gasteiger partial charge in [0.15, 0.2) is 0 Å². The molecule has 0 heterocycles. The molecule has 0 aromatic heterocycles. The molecule has 4 nitrogen and oxygen atoms in total. The minimum absolute atomic E-state index is 0.152. The first-order chi connectivity index (χ1) is 8.81. The summed E-state index contributed by atoms with van der Waals surface area (Å²) < 4.78 is 0. The van der Waals surface area contributed by atoms with E-state index in [9.17, 15) is 10.1 Å². The maximum Gasteiger partial charge on any atom is 0.269 e. The second kappa shape index (κ2) is 6.66. The Morgan fingerprint density at radius 2 is 1.84 bits per heavy atom. The predicted molar refractivity (Wildman–Crippen MR) is 78.3 cm³/mol. The van der Waals surface area contributed by atoms with Crippen LogP contribution in [0.5, 0.6) is 0 Å². The number of benzene rings is 1. The van der Waals surface area contributed by atoms with Crippen LogP contribution < -0.4 is 5.32 Å². The van der Waals surface area contributed by atoms with Crippen LogP contribution in [0.3, 0.4) is 0 Å². The Kier molecular flexibility index (Phi) is 5.48. The third kappa shape index (κ3) is 5.83. The average molecular weight is 264 g/mol. The van der Waals surface area contributed by atoms with Crippen molar-refractivity contribution in [2.24, 2.45) is 5.41 Å². The van der Waals surface area contributed by atoms with Crippen molar-refractivity contribution in [2.45, 2.75) is 46.6 Å². The molecule has 1 aromatic rings. The molecule has 0 bridgehead atoms. The van der Waals surface area contributed by atoms with Crippen molar-refractivity contribution < 1.29 is 4.92 Å². The van der Waals surface area contributed by atoms with Gasteiger partial charge in [-0.25, -0.2) is 0 Å². The first-order valence-corrected chi connectivity index (χ1v) is 6.78. The predicted octanol–water partition coefficient (Wildman–Crippen LogP) is 3.55. The Morgan fingerprint density at radius 3 is 2.26 bits per heavy atom. The van der Waals surface area contributed by atoms with Crippen LogP contribution in [0.15, 0.2) is 24.3 Å². The lowest BCUT2D eigenvalue weighted by Gasteiger charge is -2.26. The highest BCUT2D eigenvalue weighted by Crippen LogP contribution is 2.23. The van der Waals surface area contributed by atoms with E-state index in [1.807, 2.05) is 12.1 Å². The van der Waals surface area contributed by atoms with Crippen LogP contribution in [0.4, 0.5) is 5.69 Å². The average Bonchev–Trinajstić information content (AvgIpc) is 2.27. The lowest BCUT2D eigenvalue weighted by atomic mass is 9.86. The van der Waals surface area contributed by atoms with E-state index in [4.69, 9.17) is 0 Å². The largest absolute Gasteiger partial charge is 0.314 e. The van der Waals surface area contributed by atoms with Gasteiger partial charge in [0.2, 0.25) is 0 Å². The van der Waals surface area contributed by atoms with Crippen LogP contribution in [0.2, 0.25) is 0 Å². The quantitative estimate of drug-likeness (QED) is 0.631. The summed E-state index contributed by atoms with van der Waals surface area (Å²) >= 11 is 0. The number of hydrogen-bond acceptors (Lipinski definition) is 3. The molecule has 1 rings (SSSR count). The van der Waals surface area contributed by atoms with Crippen molar-refractivity contribution >= 4 is 5.69 Å². The molecule has 0 spiro atoms. The molecule has 0 amide bonds. The minimum atomic E-state index is -0.360. The molecule has 19 heavy (non-hydrogen) atoms. The van der Waals surface area contributed by atoms with E-state index in [1.165, 1.54) is 0 Å².